The lowest BCUT2D eigenvalue weighted by Gasteiger charge is -1.98. The Labute approximate surface area is 183 Å². The third-order valence-corrected chi connectivity index (χ3v) is 4.50. The molecule has 1 aromatic heterocycles. The van der Waals surface area contributed by atoms with E-state index in [2.05, 4.69) is 82.2 Å². The van der Waals surface area contributed by atoms with Gasteiger partial charge in [0, 0.05) is 29.1 Å². The molecule has 0 atom stereocenters. The highest BCUT2D eigenvalue weighted by Crippen LogP contribution is 2.34. The maximum Gasteiger partial charge on any atom is 0.261 e. The Morgan fingerprint density at radius 3 is 1.45 bits per heavy atom. The predicted octanol–water partition coefficient (Wildman–Crippen LogP) is 6.08. The highest BCUT2D eigenvalue weighted by molar-refractivity contribution is 7.93. The van der Waals surface area contributed by atoms with Crippen molar-refractivity contribution in [1.82, 2.24) is 0 Å². The molecule has 0 spiro atoms. The van der Waals surface area contributed by atoms with Crippen molar-refractivity contribution in [2.45, 2.75) is 0 Å². The zero-order valence-electron chi connectivity index (χ0n) is 16.7. The Hall–Kier alpha value is -2.66. The molecule has 0 saturated carbocycles. The summed E-state index contributed by atoms with van der Waals surface area (Å²) < 4.78 is 35.7. The van der Waals surface area contributed by atoms with Crippen LogP contribution in [0.25, 0.3) is 43.5 Å². The van der Waals surface area contributed by atoms with Crippen LogP contribution in [-0.4, -0.2) is 30.7 Å². The van der Waals surface area contributed by atoms with Crippen molar-refractivity contribution < 1.29 is 32.0 Å². The van der Waals surface area contributed by atoms with Gasteiger partial charge in [-0.3, -0.25) is 4.55 Å². The quantitative estimate of drug-likeness (QED) is 0.141. The lowest BCUT2D eigenvalue weighted by Crippen LogP contribution is -1.88. The van der Waals surface area contributed by atoms with Gasteiger partial charge < -0.3 is 4.42 Å². The molecular weight excluding hydrogens is 440 g/mol. The molecule has 31 heavy (non-hydrogen) atoms. The molecule has 2 N–H and O–H groups in total. The first-order valence-electron chi connectivity index (χ1n) is 8.97. The Kier molecular flexibility index (Phi) is 7.50. The third-order valence-electron chi connectivity index (χ3n) is 4.30. The van der Waals surface area contributed by atoms with Crippen LogP contribution in [-0.2, 0) is 19.5 Å². The molecule has 0 amide bonds. The fraction of sp³-hybridized carbons (Fsp3) is 0.0909. The van der Waals surface area contributed by atoms with Gasteiger partial charge in [-0.2, -0.15) is 8.42 Å². The van der Waals surface area contributed by atoms with Gasteiger partial charge in [-0.15, -0.1) is 4.33 Å². The average molecular weight is 461 g/mol. The van der Waals surface area contributed by atoms with Crippen LogP contribution in [0.15, 0.2) is 77.2 Å². The molecule has 0 radical (unpaired) electrons. The van der Waals surface area contributed by atoms with Gasteiger partial charge in [0.15, 0.2) is 0 Å². The Bertz CT molecular complexity index is 1330. The van der Waals surface area contributed by atoms with Crippen molar-refractivity contribution in [2.75, 3.05) is 12.5 Å². The van der Waals surface area contributed by atoms with Crippen LogP contribution in [0.4, 0.5) is 0 Å². The van der Waals surface area contributed by atoms with E-state index in [-0.39, 0.29) is 0 Å². The SMILES string of the molecule is CS(=O)(=O)O.CSOOO.c1ccc2cc3c(cc2c1)oc1cc2ccccc2cc13. The second-order valence-electron chi connectivity index (χ2n) is 6.54. The van der Waals surface area contributed by atoms with E-state index >= 15 is 0 Å². The van der Waals surface area contributed by atoms with Crippen molar-refractivity contribution in [3.63, 3.8) is 0 Å². The number of rotatable bonds is 2. The summed E-state index contributed by atoms with van der Waals surface area (Å²) in [4.78, 5) is 0. The fourth-order valence-corrected chi connectivity index (χ4v) is 3.24. The van der Waals surface area contributed by atoms with Crippen LogP contribution in [0, 0.1) is 0 Å². The molecule has 0 aliphatic rings. The molecule has 0 aliphatic carbocycles. The smallest absolute Gasteiger partial charge is 0.261 e. The third kappa shape index (κ3) is 6.17. The second kappa shape index (κ2) is 10.1. The molecule has 9 heteroatoms. The minimum absolute atomic E-state index is 0.715. The number of hydrogen-bond acceptors (Lipinski definition) is 7. The van der Waals surface area contributed by atoms with E-state index in [1.165, 1.54) is 32.3 Å². The number of fused-ring (bicyclic) bond motifs is 5. The largest absolute Gasteiger partial charge is 0.456 e. The molecule has 4 aromatic carbocycles. The molecule has 5 aromatic rings. The minimum atomic E-state index is -3.67. The lowest BCUT2D eigenvalue weighted by atomic mass is 10.0. The van der Waals surface area contributed by atoms with Crippen molar-refractivity contribution in [3.05, 3.63) is 72.8 Å². The molecule has 1 heterocycles. The van der Waals surface area contributed by atoms with Gasteiger partial charge in [-0.1, -0.05) is 53.6 Å². The normalized spacial score (nSPS) is 11.2. The molecule has 0 fully saturated rings. The van der Waals surface area contributed by atoms with E-state index in [1.807, 2.05) is 0 Å². The molecule has 7 nitrogen and oxygen atoms in total. The first-order chi connectivity index (χ1) is 14.8. The number of hydrogen-bond donors (Lipinski definition) is 2. The first-order valence-corrected chi connectivity index (χ1v) is 12.0. The molecule has 0 bridgehead atoms. The average Bonchev–Trinajstić information content (AvgIpc) is 3.06. The van der Waals surface area contributed by atoms with Crippen LogP contribution in [0.1, 0.15) is 0 Å². The number of benzene rings is 4. The molecule has 0 unspecified atom stereocenters. The Morgan fingerprint density at radius 2 is 1.16 bits per heavy atom. The lowest BCUT2D eigenvalue weighted by molar-refractivity contribution is -0.432. The summed E-state index contributed by atoms with van der Waals surface area (Å²) in [5, 5.41) is 17.8. The summed E-state index contributed by atoms with van der Waals surface area (Å²) in [5.41, 5.74) is 1.91. The van der Waals surface area contributed by atoms with Crippen LogP contribution >= 0.6 is 12.0 Å². The van der Waals surface area contributed by atoms with Gasteiger partial charge in [-0.25, -0.2) is 5.26 Å². The van der Waals surface area contributed by atoms with E-state index in [0.29, 0.717) is 6.26 Å². The highest BCUT2D eigenvalue weighted by atomic mass is 32.2. The van der Waals surface area contributed by atoms with Crippen LogP contribution < -0.4 is 0 Å². The van der Waals surface area contributed by atoms with Crippen molar-refractivity contribution >= 4 is 65.6 Å². The van der Waals surface area contributed by atoms with E-state index in [0.717, 1.165) is 23.2 Å². The Balaban J connectivity index is 0.000000232. The molecule has 0 aliphatic heterocycles. The summed E-state index contributed by atoms with van der Waals surface area (Å²) in [6, 6.07) is 25.5. The van der Waals surface area contributed by atoms with Gasteiger partial charge in [0.25, 0.3) is 10.1 Å². The highest BCUT2D eigenvalue weighted by Gasteiger charge is 2.09. The fourth-order valence-electron chi connectivity index (χ4n) is 3.18. The second-order valence-corrected chi connectivity index (χ2v) is 8.47. The van der Waals surface area contributed by atoms with Crippen molar-refractivity contribution in [2.24, 2.45) is 0 Å². The summed E-state index contributed by atoms with van der Waals surface area (Å²) in [7, 11) is -3.67. The zero-order valence-corrected chi connectivity index (χ0v) is 18.3. The molecular formula is C22H20O7S2. The number of furan rings is 1. The molecule has 5 rings (SSSR count). The van der Waals surface area contributed by atoms with Crippen LogP contribution in [0.3, 0.4) is 0 Å². The maximum absolute atomic E-state index is 9.19. The summed E-state index contributed by atoms with van der Waals surface area (Å²) in [5.74, 6) is 0. The molecule has 0 saturated heterocycles. The molecule has 162 valence electrons. The summed E-state index contributed by atoms with van der Waals surface area (Å²) in [6.45, 7) is 0. The zero-order chi connectivity index (χ0) is 22.4. The van der Waals surface area contributed by atoms with E-state index in [1.54, 1.807) is 6.26 Å². The first kappa shape index (κ1) is 23.0. The minimum Gasteiger partial charge on any atom is -0.456 e. The Morgan fingerprint density at radius 1 is 0.806 bits per heavy atom. The standard InChI is InChI=1S/C20H12O.2CH4O3S/c1-3-7-15-11-19-17(9-13(15)5-1)18-10-14-6-2-4-8-16(14)12-20(18)21-19;1-5(2,3)4;1-5-4-3-2/h1-12H;1H3,(H,2,3,4);2H,1H3. The topological polar surface area (TPSA) is 106 Å². The van der Waals surface area contributed by atoms with Gasteiger partial charge in [-0.05, 0) is 45.8 Å². The van der Waals surface area contributed by atoms with Gasteiger partial charge in [0.1, 0.15) is 11.2 Å². The van der Waals surface area contributed by atoms with Crippen molar-refractivity contribution in [1.29, 1.82) is 0 Å². The van der Waals surface area contributed by atoms with Gasteiger partial charge >= 0.3 is 0 Å². The van der Waals surface area contributed by atoms with Crippen LogP contribution in [0.2, 0.25) is 0 Å². The van der Waals surface area contributed by atoms with E-state index in [9.17, 15) is 8.42 Å². The van der Waals surface area contributed by atoms with Gasteiger partial charge in [0.05, 0.1) is 6.26 Å². The summed E-state index contributed by atoms with van der Waals surface area (Å²) in [6.07, 6.45) is 2.34. The summed E-state index contributed by atoms with van der Waals surface area (Å²) >= 11 is 0.929. The van der Waals surface area contributed by atoms with Crippen molar-refractivity contribution in [3.8, 4) is 0 Å². The monoisotopic (exact) mass is 460 g/mol. The van der Waals surface area contributed by atoms with Crippen LogP contribution in [0.5, 0.6) is 0 Å². The predicted molar refractivity (Wildman–Crippen MR) is 125 cm³/mol. The van der Waals surface area contributed by atoms with Gasteiger partial charge in [0.2, 0.25) is 0 Å². The van der Waals surface area contributed by atoms with E-state index in [4.69, 9.17) is 14.2 Å². The maximum atomic E-state index is 9.19. The van der Waals surface area contributed by atoms with E-state index < -0.39 is 10.1 Å².